The maximum Gasteiger partial charge on any atom is 0.0701 e. The van der Waals surface area contributed by atoms with Crippen molar-refractivity contribution in [3.63, 3.8) is 0 Å². The molecule has 2 heteroatoms. The van der Waals surface area contributed by atoms with Crippen molar-refractivity contribution in [2.45, 2.75) is 0 Å². The molecule has 0 bridgehead atoms. The molecule has 248 valence electrons. The fourth-order valence-corrected chi connectivity index (χ4v) is 8.03. The average molecular weight is 675 g/mol. The molecule has 0 N–H and O–H groups in total. The second-order valence-electron chi connectivity index (χ2n) is 13.5. The zero-order chi connectivity index (χ0) is 35.1. The highest BCUT2D eigenvalue weighted by Crippen LogP contribution is 2.46. The molecule has 0 unspecified atom stereocenters. The van der Waals surface area contributed by atoms with Crippen LogP contribution in [0.15, 0.2) is 206 Å². The van der Waals surface area contributed by atoms with Crippen LogP contribution in [0.1, 0.15) is 0 Å². The van der Waals surface area contributed by atoms with E-state index in [9.17, 15) is 0 Å². The summed E-state index contributed by atoms with van der Waals surface area (Å²) in [6.45, 7) is 0. The van der Waals surface area contributed by atoms with Crippen LogP contribution in [0.3, 0.4) is 0 Å². The van der Waals surface area contributed by atoms with Gasteiger partial charge in [-0.3, -0.25) is 4.98 Å². The minimum Gasteiger partial charge on any atom is -0.310 e. The van der Waals surface area contributed by atoms with E-state index in [0.29, 0.717) is 0 Å². The molecule has 0 radical (unpaired) electrons. The summed E-state index contributed by atoms with van der Waals surface area (Å²) in [7, 11) is 0. The molecule has 0 saturated heterocycles. The molecule has 1 aromatic heterocycles. The maximum absolute atomic E-state index is 4.58. The van der Waals surface area contributed by atoms with Gasteiger partial charge in [0.2, 0.25) is 0 Å². The lowest BCUT2D eigenvalue weighted by molar-refractivity contribution is 1.28. The third-order valence-electron chi connectivity index (χ3n) is 10.5. The minimum absolute atomic E-state index is 0.964. The van der Waals surface area contributed by atoms with Crippen LogP contribution < -0.4 is 4.90 Å². The first-order valence-corrected chi connectivity index (χ1v) is 18.1. The van der Waals surface area contributed by atoms with E-state index in [1.165, 1.54) is 65.3 Å². The van der Waals surface area contributed by atoms with Gasteiger partial charge in [0.1, 0.15) is 0 Å². The van der Waals surface area contributed by atoms with E-state index in [-0.39, 0.29) is 0 Å². The van der Waals surface area contributed by atoms with Gasteiger partial charge in [-0.2, -0.15) is 0 Å². The largest absolute Gasteiger partial charge is 0.310 e. The average Bonchev–Trinajstić information content (AvgIpc) is 3.23. The van der Waals surface area contributed by atoms with Crippen LogP contribution in [0.4, 0.5) is 17.1 Å². The molecule has 0 aliphatic rings. The first-order valence-electron chi connectivity index (χ1n) is 18.1. The lowest BCUT2D eigenvalue weighted by Crippen LogP contribution is -2.09. The van der Waals surface area contributed by atoms with Gasteiger partial charge in [-0.25, -0.2) is 0 Å². The SMILES string of the molecule is c1ccc(-c2ccc(N(c3ccc(-c4c5ccccc5c(-c5cccc6ccccc56)c5ccccc45)cc3)c3ccc4ccccc4c3)cc2)nc1. The molecule has 9 aromatic carbocycles. The summed E-state index contributed by atoms with van der Waals surface area (Å²) in [5.41, 5.74) is 10.3. The van der Waals surface area contributed by atoms with E-state index in [4.69, 9.17) is 0 Å². The first kappa shape index (κ1) is 30.8. The molecule has 0 spiro atoms. The highest BCUT2D eigenvalue weighted by molar-refractivity contribution is 6.23. The summed E-state index contributed by atoms with van der Waals surface area (Å²) in [5.74, 6) is 0. The molecule has 10 aromatic rings. The van der Waals surface area contributed by atoms with Crippen LogP contribution >= 0.6 is 0 Å². The summed E-state index contributed by atoms with van der Waals surface area (Å²) in [6, 6.07) is 72.3. The number of rotatable bonds is 6. The normalized spacial score (nSPS) is 11.4. The molecule has 0 saturated carbocycles. The number of pyridine rings is 1. The van der Waals surface area contributed by atoms with Gasteiger partial charge in [0.15, 0.2) is 0 Å². The van der Waals surface area contributed by atoms with Crippen molar-refractivity contribution >= 4 is 60.2 Å². The monoisotopic (exact) mass is 674 g/mol. The predicted molar refractivity (Wildman–Crippen MR) is 225 cm³/mol. The molecule has 0 amide bonds. The Labute approximate surface area is 308 Å². The maximum atomic E-state index is 4.58. The van der Waals surface area contributed by atoms with Crippen molar-refractivity contribution in [1.82, 2.24) is 4.98 Å². The van der Waals surface area contributed by atoms with Crippen LogP contribution in [-0.4, -0.2) is 4.98 Å². The van der Waals surface area contributed by atoms with Crippen LogP contribution in [0.2, 0.25) is 0 Å². The smallest absolute Gasteiger partial charge is 0.0701 e. The Balaban J connectivity index is 1.14. The van der Waals surface area contributed by atoms with E-state index in [1.54, 1.807) is 0 Å². The Bertz CT molecular complexity index is 2870. The number of nitrogens with zero attached hydrogens (tertiary/aromatic N) is 2. The quantitative estimate of drug-likeness (QED) is 0.163. The van der Waals surface area contributed by atoms with Crippen molar-refractivity contribution in [2.24, 2.45) is 0 Å². The number of aromatic nitrogens is 1. The molecule has 0 fully saturated rings. The molecule has 1 heterocycles. The molecule has 53 heavy (non-hydrogen) atoms. The summed E-state index contributed by atoms with van der Waals surface area (Å²) >= 11 is 0. The molecular weight excluding hydrogens is 641 g/mol. The van der Waals surface area contributed by atoms with Gasteiger partial charge in [-0.05, 0) is 114 Å². The van der Waals surface area contributed by atoms with E-state index < -0.39 is 0 Å². The van der Waals surface area contributed by atoms with Gasteiger partial charge in [0, 0.05) is 28.8 Å². The predicted octanol–water partition coefficient (Wildman–Crippen LogP) is 14.2. The van der Waals surface area contributed by atoms with Crippen molar-refractivity contribution < 1.29 is 0 Å². The Morgan fingerprint density at radius 1 is 0.321 bits per heavy atom. The Morgan fingerprint density at radius 2 is 0.830 bits per heavy atom. The third kappa shape index (κ3) is 5.40. The molecular formula is C51H34N2. The third-order valence-corrected chi connectivity index (χ3v) is 10.5. The summed E-state index contributed by atoms with van der Waals surface area (Å²) in [6.07, 6.45) is 1.84. The van der Waals surface area contributed by atoms with E-state index in [2.05, 4.69) is 198 Å². The Kier molecular flexibility index (Phi) is 7.51. The van der Waals surface area contributed by atoms with Crippen LogP contribution in [0, 0.1) is 0 Å². The summed E-state index contributed by atoms with van der Waals surface area (Å²) in [4.78, 5) is 6.92. The van der Waals surface area contributed by atoms with Gasteiger partial charge in [-0.1, -0.05) is 152 Å². The van der Waals surface area contributed by atoms with Gasteiger partial charge in [-0.15, -0.1) is 0 Å². The lowest BCUT2D eigenvalue weighted by Gasteiger charge is -2.26. The summed E-state index contributed by atoms with van der Waals surface area (Å²) < 4.78 is 0. The summed E-state index contributed by atoms with van der Waals surface area (Å²) in [5, 5.41) is 9.96. The van der Waals surface area contributed by atoms with Crippen molar-refractivity contribution in [3.05, 3.63) is 206 Å². The van der Waals surface area contributed by atoms with Gasteiger partial charge in [0.05, 0.1) is 5.69 Å². The Morgan fingerprint density at radius 3 is 1.47 bits per heavy atom. The van der Waals surface area contributed by atoms with Crippen LogP contribution in [0.5, 0.6) is 0 Å². The van der Waals surface area contributed by atoms with Gasteiger partial charge >= 0.3 is 0 Å². The van der Waals surface area contributed by atoms with E-state index in [0.717, 1.165) is 28.3 Å². The zero-order valence-electron chi connectivity index (χ0n) is 29.0. The van der Waals surface area contributed by atoms with Gasteiger partial charge < -0.3 is 4.90 Å². The molecule has 0 aliphatic heterocycles. The fraction of sp³-hybridized carbons (Fsp3) is 0. The van der Waals surface area contributed by atoms with E-state index >= 15 is 0 Å². The number of anilines is 3. The Hall–Kier alpha value is -7.03. The zero-order valence-corrected chi connectivity index (χ0v) is 29.0. The minimum atomic E-state index is 0.964. The lowest BCUT2D eigenvalue weighted by atomic mass is 9.85. The van der Waals surface area contributed by atoms with Crippen molar-refractivity contribution in [2.75, 3.05) is 4.90 Å². The molecule has 2 nitrogen and oxygen atoms in total. The second kappa shape index (κ2) is 12.9. The van der Waals surface area contributed by atoms with Crippen molar-refractivity contribution in [1.29, 1.82) is 0 Å². The topological polar surface area (TPSA) is 16.1 Å². The van der Waals surface area contributed by atoms with Crippen molar-refractivity contribution in [3.8, 4) is 33.5 Å². The molecule has 0 aliphatic carbocycles. The molecule has 0 atom stereocenters. The number of fused-ring (bicyclic) bond motifs is 4. The molecule has 10 rings (SSSR count). The van der Waals surface area contributed by atoms with Crippen LogP contribution in [-0.2, 0) is 0 Å². The second-order valence-corrected chi connectivity index (χ2v) is 13.5. The highest BCUT2D eigenvalue weighted by atomic mass is 15.1. The van der Waals surface area contributed by atoms with Crippen LogP contribution in [0.25, 0.3) is 76.6 Å². The van der Waals surface area contributed by atoms with E-state index in [1.807, 2.05) is 18.3 Å². The highest BCUT2D eigenvalue weighted by Gasteiger charge is 2.19. The number of benzene rings is 9. The number of hydrogen-bond donors (Lipinski definition) is 0. The van der Waals surface area contributed by atoms with Gasteiger partial charge in [0.25, 0.3) is 0 Å². The number of hydrogen-bond acceptors (Lipinski definition) is 2. The fourth-order valence-electron chi connectivity index (χ4n) is 8.03. The standard InChI is InChI=1S/C51H34N2/c1-2-14-39-34-42(32-23-35(39)12-1)53(40-28-24-37(25-29-40)49-22-9-10-33-52-49)41-30-26-38(27-31-41)50-45-17-5-7-19-47(45)51(48-20-8-6-18-46(48)50)44-21-11-15-36-13-3-4-16-43(36)44/h1-34H. The first-order chi connectivity index (χ1) is 26.3.